The van der Waals surface area contributed by atoms with E-state index >= 15 is 0 Å². The fraction of sp³-hybridized carbons (Fsp3) is 0.236. The number of imidazole rings is 2. The van der Waals surface area contributed by atoms with E-state index in [2.05, 4.69) is 19.8 Å². The van der Waals surface area contributed by atoms with Crippen molar-refractivity contribution in [3.05, 3.63) is 175 Å². The van der Waals surface area contributed by atoms with Gasteiger partial charge in [-0.1, -0.05) is 6.07 Å². The van der Waals surface area contributed by atoms with Crippen LogP contribution in [0.1, 0.15) is 11.6 Å². The topological polar surface area (TPSA) is 136 Å². The Morgan fingerprint density at radius 2 is 0.917 bits per heavy atom. The number of ether oxygens (including phenoxy) is 3. The van der Waals surface area contributed by atoms with Crippen LogP contribution < -0.4 is 24.0 Å². The number of pyridine rings is 2. The van der Waals surface area contributed by atoms with Crippen molar-refractivity contribution in [2.75, 3.05) is 83.5 Å². The first kappa shape index (κ1) is 48.4. The number of rotatable bonds is 13. The summed E-state index contributed by atoms with van der Waals surface area (Å²) in [6.07, 6.45) is 7.55. The quantitative estimate of drug-likeness (QED) is 0.111. The van der Waals surface area contributed by atoms with Crippen LogP contribution in [-0.4, -0.2) is 124 Å². The third-order valence-electron chi connectivity index (χ3n) is 12.7. The van der Waals surface area contributed by atoms with E-state index < -0.39 is 0 Å². The number of benzene rings is 4. The molecule has 0 atom stereocenters. The predicted octanol–water partition coefficient (Wildman–Crippen LogP) is 7.96. The van der Waals surface area contributed by atoms with Crippen LogP contribution in [0.5, 0.6) is 17.2 Å². The molecule has 8 aromatic rings. The van der Waals surface area contributed by atoms with Crippen molar-refractivity contribution >= 4 is 23.5 Å². The lowest BCUT2D eigenvalue weighted by Gasteiger charge is -2.35. The van der Waals surface area contributed by atoms with Gasteiger partial charge in [-0.3, -0.25) is 9.59 Å². The highest BCUT2D eigenvalue weighted by Crippen LogP contribution is 2.28. The minimum atomic E-state index is -0.319. The lowest BCUT2D eigenvalue weighted by atomic mass is 10.1. The van der Waals surface area contributed by atoms with Crippen LogP contribution in [0, 0.1) is 11.6 Å². The van der Waals surface area contributed by atoms with Crippen LogP contribution >= 0.6 is 0 Å². The molecule has 17 heteroatoms. The maximum atomic E-state index is 13.6. The largest absolute Gasteiger partial charge is 0.497 e. The molecule has 2 amide bonds. The molecule has 2 aliphatic heterocycles. The Morgan fingerprint density at radius 3 is 1.33 bits per heavy atom. The van der Waals surface area contributed by atoms with Crippen molar-refractivity contribution in [2.45, 2.75) is 12.8 Å². The number of nitrogens with zero attached hydrogens (tertiary/aromatic N) is 10. The molecule has 15 nitrogen and oxygen atoms in total. The Labute approximate surface area is 416 Å². The fourth-order valence-electron chi connectivity index (χ4n) is 8.64. The van der Waals surface area contributed by atoms with Gasteiger partial charge in [0.25, 0.3) is 0 Å². The smallest absolute Gasteiger partial charge is 0.230 e. The van der Waals surface area contributed by atoms with Gasteiger partial charge >= 0.3 is 0 Å². The Bertz CT molecular complexity index is 3060. The number of piperazine rings is 2. The third-order valence-corrected chi connectivity index (χ3v) is 12.7. The number of anilines is 2. The summed E-state index contributed by atoms with van der Waals surface area (Å²) >= 11 is 0. The molecule has 0 N–H and O–H groups in total. The molecular formula is C55H54F2N10O5. The summed E-state index contributed by atoms with van der Waals surface area (Å²) in [6.45, 7) is 5.22. The van der Waals surface area contributed by atoms with Crippen molar-refractivity contribution in [3.63, 3.8) is 0 Å². The van der Waals surface area contributed by atoms with Crippen LogP contribution in [0.3, 0.4) is 0 Å². The highest BCUT2D eigenvalue weighted by Gasteiger charge is 2.26. The van der Waals surface area contributed by atoms with E-state index in [4.69, 9.17) is 24.2 Å². The molecule has 10 rings (SSSR count). The van der Waals surface area contributed by atoms with E-state index in [1.807, 2.05) is 110 Å². The molecular weight excluding hydrogens is 919 g/mol. The Morgan fingerprint density at radius 1 is 0.486 bits per heavy atom. The number of hydrogen-bond donors (Lipinski definition) is 0. The summed E-state index contributed by atoms with van der Waals surface area (Å²) in [6, 6.07) is 37.1. The van der Waals surface area contributed by atoms with Gasteiger partial charge in [-0.15, -0.1) is 0 Å². The van der Waals surface area contributed by atoms with Gasteiger partial charge in [0.2, 0.25) is 11.8 Å². The van der Waals surface area contributed by atoms with Gasteiger partial charge in [0, 0.05) is 106 Å². The molecule has 2 saturated heterocycles. The molecule has 72 heavy (non-hydrogen) atoms. The van der Waals surface area contributed by atoms with Crippen molar-refractivity contribution in [2.24, 2.45) is 0 Å². The highest BCUT2D eigenvalue weighted by atomic mass is 19.1. The summed E-state index contributed by atoms with van der Waals surface area (Å²) < 4.78 is 46.7. The summed E-state index contributed by atoms with van der Waals surface area (Å²) in [7, 11) is 4.87. The number of methoxy groups -OCH3 is 3. The predicted molar refractivity (Wildman–Crippen MR) is 271 cm³/mol. The fourth-order valence-corrected chi connectivity index (χ4v) is 8.64. The Kier molecular flexibility index (Phi) is 15.1. The minimum Gasteiger partial charge on any atom is -0.497 e. The second-order valence-electron chi connectivity index (χ2n) is 17.1. The number of carbonyl (C=O) groups is 2. The van der Waals surface area contributed by atoms with Crippen molar-refractivity contribution in [1.29, 1.82) is 0 Å². The van der Waals surface area contributed by atoms with E-state index in [-0.39, 0.29) is 36.3 Å². The monoisotopic (exact) mass is 972 g/mol. The lowest BCUT2D eigenvalue weighted by Crippen LogP contribution is -2.49. The van der Waals surface area contributed by atoms with Crippen molar-refractivity contribution in [1.82, 2.24) is 38.9 Å². The zero-order chi connectivity index (χ0) is 50.0. The SMILES string of the molecule is COc1ccc(-c2cn(-c3ccc(F)cc3)c(CC(=O)N3CCN(c4cc(OC)ccn4)CC3)n2)cc1.COc1ccc(-c2cn(-c3ccc(F)cc3)c(CC(=O)N3CCN(c4ccccn4)CC3)n2)cc1. The van der Waals surface area contributed by atoms with Gasteiger partial charge in [0.15, 0.2) is 0 Å². The number of hydrogen-bond acceptors (Lipinski definition) is 11. The summed E-state index contributed by atoms with van der Waals surface area (Å²) in [5.41, 5.74) is 4.76. The van der Waals surface area contributed by atoms with Crippen molar-refractivity contribution in [3.8, 4) is 51.1 Å². The van der Waals surface area contributed by atoms with E-state index in [1.54, 1.807) is 58.0 Å². The second-order valence-corrected chi connectivity index (χ2v) is 17.1. The van der Waals surface area contributed by atoms with Gasteiger partial charge < -0.3 is 42.9 Å². The van der Waals surface area contributed by atoms with Gasteiger partial charge in [-0.2, -0.15) is 0 Å². The number of aromatic nitrogens is 6. The summed E-state index contributed by atoms with van der Waals surface area (Å²) in [5.74, 6) is 4.61. The van der Waals surface area contributed by atoms with Crippen LogP contribution in [-0.2, 0) is 22.4 Å². The molecule has 368 valence electrons. The molecule has 0 bridgehead atoms. The van der Waals surface area contributed by atoms with E-state index in [1.165, 1.54) is 24.3 Å². The molecule has 2 fully saturated rings. The standard InChI is InChI=1S/C28H28FN5O3.C27H26FN5O2/c1-36-23-9-3-20(4-10-23)25-19-34(22-7-5-21(29)6-8-22)27(31-25)18-28(35)33-15-13-32(14-16-33)26-17-24(37-2)11-12-30-26;1-35-23-11-5-20(6-12-23)24-19-33(22-9-7-21(28)8-10-22)26(30-24)18-27(34)32-16-14-31(15-17-32)25-4-2-3-13-29-25/h3-12,17,19H,13-16,18H2,1-2H3;2-13,19H,14-18H2,1H3. The molecule has 4 aromatic heterocycles. The molecule has 0 radical (unpaired) electrons. The van der Waals surface area contributed by atoms with Crippen LogP contribution in [0.15, 0.2) is 152 Å². The first-order valence-electron chi connectivity index (χ1n) is 23.6. The van der Waals surface area contributed by atoms with E-state index in [0.717, 1.165) is 75.9 Å². The zero-order valence-corrected chi connectivity index (χ0v) is 40.3. The zero-order valence-electron chi connectivity index (χ0n) is 40.3. The maximum absolute atomic E-state index is 13.6. The van der Waals surface area contributed by atoms with Crippen LogP contribution in [0.2, 0.25) is 0 Å². The van der Waals surface area contributed by atoms with E-state index in [0.29, 0.717) is 50.9 Å². The molecule has 0 spiro atoms. The minimum absolute atomic E-state index is 0.00602. The second kappa shape index (κ2) is 22.4. The average molecular weight is 973 g/mol. The summed E-state index contributed by atoms with van der Waals surface area (Å²) in [5, 5.41) is 0. The van der Waals surface area contributed by atoms with Crippen molar-refractivity contribution < 1.29 is 32.6 Å². The summed E-state index contributed by atoms with van der Waals surface area (Å²) in [4.78, 5) is 53.1. The average Bonchev–Trinajstić information content (AvgIpc) is 4.06. The van der Waals surface area contributed by atoms with Gasteiger partial charge in [-0.25, -0.2) is 28.7 Å². The first-order chi connectivity index (χ1) is 35.1. The molecule has 2 aliphatic rings. The van der Waals surface area contributed by atoms with Crippen LogP contribution in [0.25, 0.3) is 33.9 Å². The molecule has 0 unspecified atom stereocenters. The Balaban J connectivity index is 0.000000178. The Hall–Kier alpha value is -8.60. The molecule has 6 heterocycles. The molecule has 0 saturated carbocycles. The number of amides is 2. The first-order valence-corrected chi connectivity index (χ1v) is 23.6. The van der Waals surface area contributed by atoms with Gasteiger partial charge in [0.1, 0.15) is 52.2 Å². The maximum Gasteiger partial charge on any atom is 0.230 e. The van der Waals surface area contributed by atoms with E-state index in [9.17, 15) is 18.4 Å². The molecule has 4 aromatic carbocycles. The highest BCUT2D eigenvalue weighted by molar-refractivity contribution is 5.80. The third kappa shape index (κ3) is 11.5. The van der Waals surface area contributed by atoms with Gasteiger partial charge in [-0.05, 0) is 115 Å². The molecule has 0 aliphatic carbocycles. The van der Waals surface area contributed by atoms with Crippen LogP contribution in [0.4, 0.5) is 20.4 Å². The lowest BCUT2D eigenvalue weighted by molar-refractivity contribution is -0.131. The van der Waals surface area contributed by atoms with Gasteiger partial charge in [0.05, 0.1) is 45.6 Å². The number of carbonyl (C=O) groups excluding carboxylic acids is 2. The number of halogens is 2. The normalized spacial score (nSPS) is 13.6.